The topological polar surface area (TPSA) is 12.0 Å². The van der Waals surface area contributed by atoms with Crippen LogP contribution in [0.15, 0.2) is 12.2 Å². The van der Waals surface area contributed by atoms with Gasteiger partial charge in [0, 0.05) is 5.54 Å². The lowest BCUT2D eigenvalue weighted by Gasteiger charge is -2.33. The Morgan fingerprint density at radius 2 is 1.53 bits per heavy atom. The van der Waals surface area contributed by atoms with Gasteiger partial charge in [0.15, 0.2) is 0 Å². The average Bonchev–Trinajstić information content (AvgIpc) is 2.12. The van der Waals surface area contributed by atoms with Crippen LogP contribution in [-0.2, 0) is 0 Å². The summed E-state index contributed by atoms with van der Waals surface area (Å²) in [5.74, 6) is 2.20. The van der Waals surface area contributed by atoms with Gasteiger partial charge in [-0.3, -0.25) is 0 Å². The van der Waals surface area contributed by atoms with Crippen LogP contribution in [0.4, 0.5) is 0 Å². The first-order chi connectivity index (χ1) is 6.72. The third-order valence-corrected chi connectivity index (χ3v) is 3.70. The standard InChI is InChI=1S/C14H29N/c1-10(2)13(11(3)4)9-12(5)14(6,7)15-8/h10-11,13,15H,5,9H2,1-4,6-8H3. The number of likely N-dealkylation sites (N-methyl/N-ethyl adjacent to an activating group) is 1. The summed E-state index contributed by atoms with van der Waals surface area (Å²) in [4.78, 5) is 0. The minimum Gasteiger partial charge on any atom is -0.311 e. The summed E-state index contributed by atoms with van der Waals surface area (Å²) in [7, 11) is 2.00. The molecule has 0 fully saturated rings. The highest BCUT2D eigenvalue weighted by molar-refractivity contribution is 5.13. The Bertz CT molecular complexity index is 193. The van der Waals surface area contributed by atoms with E-state index in [0.29, 0.717) is 0 Å². The highest BCUT2D eigenvalue weighted by Gasteiger charge is 2.25. The van der Waals surface area contributed by atoms with Crippen molar-refractivity contribution in [1.29, 1.82) is 0 Å². The molecule has 0 aromatic heterocycles. The first-order valence-corrected chi connectivity index (χ1v) is 6.09. The van der Waals surface area contributed by atoms with Gasteiger partial charge in [0.25, 0.3) is 0 Å². The van der Waals surface area contributed by atoms with Gasteiger partial charge in [-0.15, -0.1) is 0 Å². The molecule has 0 aromatic carbocycles. The van der Waals surface area contributed by atoms with Gasteiger partial charge in [-0.05, 0) is 45.1 Å². The van der Waals surface area contributed by atoms with Gasteiger partial charge in [-0.1, -0.05) is 39.8 Å². The third-order valence-electron chi connectivity index (χ3n) is 3.70. The van der Waals surface area contributed by atoms with Gasteiger partial charge < -0.3 is 5.32 Å². The van der Waals surface area contributed by atoms with E-state index in [4.69, 9.17) is 0 Å². The highest BCUT2D eigenvalue weighted by Crippen LogP contribution is 2.30. The van der Waals surface area contributed by atoms with Crippen LogP contribution >= 0.6 is 0 Å². The van der Waals surface area contributed by atoms with Gasteiger partial charge in [0.2, 0.25) is 0 Å². The Morgan fingerprint density at radius 1 is 1.13 bits per heavy atom. The van der Waals surface area contributed by atoms with Crippen molar-refractivity contribution in [3.05, 3.63) is 12.2 Å². The van der Waals surface area contributed by atoms with Gasteiger partial charge in [-0.25, -0.2) is 0 Å². The fourth-order valence-electron chi connectivity index (χ4n) is 1.96. The smallest absolute Gasteiger partial charge is 0.0331 e. The quantitative estimate of drug-likeness (QED) is 0.658. The Balaban J connectivity index is 4.49. The van der Waals surface area contributed by atoms with Crippen LogP contribution in [0.2, 0.25) is 0 Å². The summed E-state index contributed by atoms with van der Waals surface area (Å²) in [5.41, 5.74) is 1.37. The van der Waals surface area contributed by atoms with Crippen LogP contribution in [-0.4, -0.2) is 12.6 Å². The molecule has 0 atom stereocenters. The molecule has 0 aliphatic carbocycles. The van der Waals surface area contributed by atoms with Crippen LogP contribution in [0.25, 0.3) is 0 Å². The first-order valence-electron chi connectivity index (χ1n) is 6.09. The normalized spacial score (nSPS) is 12.9. The molecule has 0 saturated heterocycles. The van der Waals surface area contributed by atoms with Crippen molar-refractivity contribution in [2.24, 2.45) is 17.8 Å². The van der Waals surface area contributed by atoms with Crippen molar-refractivity contribution in [2.75, 3.05) is 7.05 Å². The second-order valence-corrected chi connectivity index (χ2v) is 5.83. The predicted molar refractivity (Wildman–Crippen MR) is 70.1 cm³/mol. The molecule has 0 aliphatic rings. The molecule has 1 N–H and O–H groups in total. The predicted octanol–water partition coefficient (Wildman–Crippen LogP) is 3.86. The van der Waals surface area contributed by atoms with E-state index in [1.54, 1.807) is 0 Å². The maximum atomic E-state index is 4.24. The van der Waals surface area contributed by atoms with E-state index < -0.39 is 0 Å². The summed E-state index contributed by atoms with van der Waals surface area (Å²) >= 11 is 0. The minimum atomic E-state index is 0.0576. The van der Waals surface area contributed by atoms with E-state index in [-0.39, 0.29) is 5.54 Å². The van der Waals surface area contributed by atoms with Gasteiger partial charge >= 0.3 is 0 Å². The first kappa shape index (κ1) is 14.7. The molecule has 15 heavy (non-hydrogen) atoms. The molecule has 0 amide bonds. The zero-order valence-electron chi connectivity index (χ0n) is 11.6. The number of nitrogens with one attached hydrogen (secondary N) is 1. The van der Waals surface area contributed by atoms with Crippen LogP contribution in [0.1, 0.15) is 48.0 Å². The Morgan fingerprint density at radius 3 is 1.80 bits per heavy atom. The summed E-state index contributed by atoms with van der Waals surface area (Å²) in [6.07, 6.45) is 1.13. The molecule has 0 spiro atoms. The Kier molecular flexibility index (Phi) is 5.58. The lowest BCUT2D eigenvalue weighted by Crippen LogP contribution is -2.39. The van der Waals surface area contributed by atoms with Crippen molar-refractivity contribution < 1.29 is 0 Å². The maximum Gasteiger partial charge on any atom is 0.0331 e. The lowest BCUT2D eigenvalue weighted by molar-refractivity contribution is 0.273. The van der Waals surface area contributed by atoms with E-state index in [2.05, 4.69) is 53.4 Å². The summed E-state index contributed by atoms with van der Waals surface area (Å²) in [6.45, 7) is 17.9. The molecule has 0 aliphatic heterocycles. The summed E-state index contributed by atoms with van der Waals surface area (Å²) < 4.78 is 0. The Labute approximate surface area is 96.3 Å². The van der Waals surface area contributed by atoms with Crippen LogP contribution < -0.4 is 5.32 Å². The van der Waals surface area contributed by atoms with Crippen molar-refractivity contribution in [3.63, 3.8) is 0 Å². The van der Waals surface area contributed by atoms with E-state index in [0.717, 1.165) is 24.2 Å². The Hall–Kier alpha value is -0.300. The van der Waals surface area contributed by atoms with Crippen molar-refractivity contribution in [2.45, 2.75) is 53.5 Å². The molecular formula is C14H29N. The maximum absolute atomic E-state index is 4.24. The number of hydrogen-bond acceptors (Lipinski definition) is 1. The SMILES string of the molecule is C=C(CC(C(C)C)C(C)C)C(C)(C)NC. The molecule has 1 heteroatoms. The lowest BCUT2D eigenvalue weighted by atomic mass is 9.77. The largest absolute Gasteiger partial charge is 0.311 e. The van der Waals surface area contributed by atoms with Crippen LogP contribution in [0.3, 0.4) is 0 Å². The molecular weight excluding hydrogens is 182 g/mol. The van der Waals surface area contributed by atoms with E-state index in [9.17, 15) is 0 Å². The molecule has 1 nitrogen and oxygen atoms in total. The molecule has 0 aromatic rings. The highest BCUT2D eigenvalue weighted by atomic mass is 14.9. The average molecular weight is 211 g/mol. The second kappa shape index (κ2) is 5.69. The van der Waals surface area contributed by atoms with Crippen molar-refractivity contribution in [3.8, 4) is 0 Å². The summed E-state index contributed by atoms with van der Waals surface area (Å²) in [6, 6.07) is 0. The van der Waals surface area contributed by atoms with E-state index in [1.807, 2.05) is 7.05 Å². The van der Waals surface area contributed by atoms with Crippen molar-refractivity contribution >= 4 is 0 Å². The molecule has 0 saturated carbocycles. The summed E-state index contributed by atoms with van der Waals surface area (Å²) in [5, 5.41) is 3.32. The molecule has 0 rings (SSSR count). The fraction of sp³-hybridized carbons (Fsp3) is 0.857. The number of rotatable bonds is 6. The molecule has 0 bridgehead atoms. The van der Waals surface area contributed by atoms with Crippen molar-refractivity contribution in [1.82, 2.24) is 5.32 Å². The molecule has 0 unspecified atom stereocenters. The zero-order valence-corrected chi connectivity index (χ0v) is 11.6. The van der Waals surface area contributed by atoms with Gasteiger partial charge in [0.1, 0.15) is 0 Å². The fourth-order valence-corrected chi connectivity index (χ4v) is 1.96. The molecule has 0 heterocycles. The van der Waals surface area contributed by atoms with Gasteiger partial charge in [-0.2, -0.15) is 0 Å². The molecule has 0 radical (unpaired) electrons. The van der Waals surface area contributed by atoms with E-state index in [1.165, 1.54) is 5.57 Å². The third kappa shape index (κ3) is 4.38. The van der Waals surface area contributed by atoms with E-state index >= 15 is 0 Å². The minimum absolute atomic E-state index is 0.0576. The second-order valence-electron chi connectivity index (χ2n) is 5.83. The van der Waals surface area contributed by atoms with Crippen LogP contribution in [0.5, 0.6) is 0 Å². The molecule has 90 valence electrons. The van der Waals surface area contributed by atoms with Crippen LogP contribution in [0, 0.1) is 17.8 Å². The zero-order chi connectivity index (χ0) is 12.2. The monoisotopic (exact) mass is 211 g/mol. The van der Waals surface area contributed by atoms with Gasteiger partial charge in [0.05, 0.1) is 0 Å². The number of hydrogen-bond donors (Lipinski definition) is 1.